The van der Waals surface area contributed by atoms with E-state index in [4.69, 9.17) is 13.8 Å². The molecule has 6 nitrogen and oxygen atoms in total. The van der Waals surface area contributed by atoms with Gasteiger partial charge in [0, 0.05) is 49.0 Å². The van der Waals surface area contributed by atoms with Crippen LogP contribution < -0.4 is 10.6 Å². The Morgan fingerprint density at radius 1 is 0.474 bits per heavy atom. The van der Waals surface area contributed by atoms with E-state index in [0.29, 0.717) is 0 Å². The molecule has 0 spiro atoms. The maximum atomic E-state index is 6.99. The first-order valence-electron chi connectivity index (χ1n) is 19.4. The van der Waals surface area contributed by atoms with Crippen LogP contribution in [0.1, 0.15) is 29.0 Å². The third-order valence-electron chi connectivity index (χ3n) is 11.5. The molecule has 0 radical (unpaired) electrons. The topological polar surface area (TPSA) is 67.6 Å². The molecule has 8 aromatic carbocycles. The molecule has 4 heterocycles. The van der Waals surface area contributed by atoms with Gasteiger partial charge in [0.25, 0.3) is 0 Å². The predicted octanol–water partition coefficient (Wildman–Crippen LogP) is 12.6. The van der Waals surface area contributed by atoms with Gasteiger partial charge in [-0.25, -0.2) is 4.99 Å². The average molecular weight is 735 g/mol. The van der Waals surface area contributed by atoms with Crippen LogP contribution in [0.3, 0.4) is 0 Å². The molecule has 0 saturated carbocycles. The van der Waals surface area contributed by atoms with Crippen LogP contribution in [0.15, 0.2) is 196 Å². The molecule has 57 heavy (non-hydrogen) atoms. The van der Waals surface area contributed by atoms with Crippen molar-refractivity contribution in [3.05, 3.63) is 199 Å². The molecule has 6 heteroatoms. The molecule has 1 aliphatic heterocycles. The first-order chi connectivity index (χ1) is 28.3. The number of aliphatic imine (C=N–C) groups is 1. The summed E-state index contributed by atoms with van der Waals surface area (Å²) >= 11 is 0. The van der Waals surface area contributed by atoms with Crippen LogP contribution in [0.25, 0.3) is 82.5 Å². The Balaban J connectivity index is 0.984. The van der Waals surface area contributed by atoms with E-state index in [1.807, 2.05) is 24.3 Å². The summed E-state index contributed by atoms with van der Waals surface area (Å²) in [6.07, 6.45) is -0.488. The molecule has 1 aliphatic rings. The number of aromatic nitrogens is 1. The largest absolute Gasteiger partial charge is 0.456 e. The third kappa shape index (κ3) is 4.98. The second kappa shape index (κ2) is 12.6. The summed E-state index contributed by atoms with van der Waals surface area (Å²) in [4.78, 5) is 5.11. The fourth-order valence-electron chi connectivity index (χ4n) is 8.87. The second-order valence-corrected chi connectivity index (χ2v) is 14.7. The number of nitrogens with zero attached hydrogens (tertiary/aromatic N) is 2. The molecule has 2 atom stereocenters. The van der Waals surface area contributed by atoms with Crippen molar-refractivity contribution in [2.75, 3.05) is 0 Å². The Morgan fingerprint density at radius 2 is 1.11 bits per heavy atom. The third-order valence-corrected chi connectivity index (χ3v) is 11.5. The van der Waals surface area contributed by atoms with Gasteiger partial charge in [-0.05, 0) is 41.5 Å². The highest BCUT2D eigenvalue weighted by molar-refractivity contribution is 6.15. The molecule has 0 saturated heterocycles. The van der Waals surface area contributed by atoms with Crippen LogP contribution in [-0.4, -0.2) is 10.4 Å². The predicted molar refractivity (Wildman–Crippen MR) is 232 cm³/mol. The van der Waals surface area contributed by atoms with Gasteiger partial charge in [-0.2, -0.15) is 0 Å². The van der Waals surface area contributed by atoms with Gasteiger partial charge in [0.05, 0.1) is 16.7 Å². The van der Waals surface area contributed by atoms with Gasteiger partial charge in [0.1, 0.15) is 34.9 Å². The number of hydrogen-bond donors (Lipinski definition) is 2. The van der Waals surface area contributed by atoms with E-state index < -0.39 is 0 Å². The number of rotatable bonds is 5. The molecule has 2 N–H and O–H groups in total. The molecule has 0 amide bonds. The lowest BCUT2D eigenvalue weighted by atomic mass is 9.99. The van der Waals surface area contributed by atoms with E-state index in [1.165, 1.54) is 10.8 Å². The lowest BCUT2D eigenvalue weighted by Crippen LogP contribution is -2.45. The first kappa shape index (κ1) is 31.9. The van der Waals surface area contributed by atoms with Crippen LogP contribution in [0.4, 0.5) is 0 Å². The van der Waals surface area contributed by atoms with Gasteiger partial charge >= 0.3 is 0 Å². The zero-order chi connectivity index (χ0) is 37.5. The highest BCUT2D eigenvalue weighted by Crippen LogP contribution is 2.42. The van der Waals surface area contributed by atoms with E-state index in [1.54, 1.807) is 0 Å². The van der Waals surface area contributed by atoms with Crippen molar-refractivity contribution in [2.45, 2.75) is 12.3 Å². The maximum absolute atomic E-state index is 6.99. The molecule has 0 fully saturated rings. The minimum absolute atomic E-state index is 0.237. The van der Waals surface area contributed by atoms with E-state index in [0.717, 1.165) is 94.3 Å². The van der Waals surface area contributed by atoms with Crippen molar-refractivity contribution in [3.8, 4) is 16.8 Å². The van der Waals surface area contributed by atoms with Crippen LogP contribution in [0, 0.1) is 0 Å². The van der Waals surface area contributed by atoms with Crippen molar-refractivity contribution < 1.29 is 8.83 Å². The number of furan rings is 2. The minimum atomic E-state index is -0.250. The average Bonchev–Trinajstić information content (AvgIpc) is 3.96. The van der Waals surface area contributed by atoms with Crippen LogP contribution in [0.2, 0.25) is 0 Å². The fourth-order valence-corrected chi connectivity index (χ4v) is 8.87. The molecule has 2 unspecified atom stereocenters. The number of para-hydroxylation sites is 5. The summed E-state index contributed by atoms with van der Waals surface area (Å²) in [6, 6.07) is 63.7. The van der Waals surface area contributed by atoms with Crippen molar-refractivity contribution in [1.29, 1.82) is 0 Å². The smallest absolute Gasteiger partial charge is 0.159 e. The Labute approximate surface area is 327 Å². The van der Waals surface area contributed by atoms with Crippen LogP contribution in [0.5, 0.6) is 0 Å². The van der Waals surface area contributed by atoms with Gasteiger partial charge in [-0.1, -0.05) is 152 Å². The van der Waals surface area contributed by atoms with Crippen LogP contribution in [-0.2, 0) is 0 Å². The minimum Gasteiger partial charge on any atom is -0.456 e. The summed E-state index contributed by atoms with van der Waals surface area (Å²) in [7, 11) is 0. The van der Waals surface area contributed by atoms with E-state index in [9.17, 15) is 0 Å². The van der Waals surface area contributed by atoms with Gasteiger partial charge in [0.15, 0.2) is 5.58 Å². The highest BCUT2D eigenvalue weighted by atomic mass is 16.3. The first-order valence-corrected chi connectivity index (χ1v) is 19.4. The molecular formula is C51H34N4O2. The maximum Gasteiger partial charge on any atom is 0.159 e. The molecule has 0 bridgehead atoms. The lowest BCUT2D eigenvalue weighted by molar-refractivity contribution is 0.408. The van der Waals surface area contributed by atoms with Crippen molar-refractivity contribution in [2.24, 2.45) is 4.99 Å². The second-order valence-electron chi connectivity index (χ2n) is 14.7. The molecule has 270 valence electrons. The molecular weight excluding hydrogens is 701 g/mol. The molecule has 12 rings (SSSR count). The summed E-state index contributed by atoms with van der Waals surface area (Å²) in [5, 5.41) is 14.2. The number of amidine groups is 1. The zero-order valence-electron chi connectivity index (χ0n) is 30.7. The standard InChI is InChI=1S/C51H34N4O2/c1-3-14-31(15-4-1)49-52-50(32-16-5-2-6-17-32)54-51(53-49)40-24-12-22-39-41-30-33(28-29-45(41)56-47(39)40)34-20-11-21-37-38-23-13-27-44(48(38)57-46(34)37)55-42-25-9-7-18-35(42)36-19-8-10-26-43(36)55/h1-30,49,51,53H,(H,52,54). The van der Waals surface area contributed by atoms with E-state index >= 15 is 0 Å². The van der Waals surface area contributed by atoms with Gasteiger partial charge in [-0.15, -0.1) is 0 Å². The van der Waals surface area contributed by atoms with Crippen molar-refractivity contribution in [1.82, 2.24) is 15.2 Å². The Hall–Kier alpha value is -7.41. The number of nitrogens with one attached hydrogen (secondary N) is 2. The fraction of sp³-hybridized carbons (Fsp3) is 0.0392. The monoisotopic (exact) mass is 734 g/mol. The van der Waals surface area contributed by atoms with Gasteiger partial charge in [-0.3, -0.25) is 5.32 Å². The Bertz CT molecular complexity index is 3320. The van der Waals surface area contributed by atoms with Gasteiger partial charge < -0.3 is 18.7 Å². The van der Waals surface area contributed by atoms with Crippen LogP contribution >= 0.6 is 0 Å². The molecule has 0 aliphatic carbocycles. The SMILES string of the molecule is c1ccc(C2=NC(c3ccccc3)NC(c3cccc4c3oc3ccc(-c5cccc6c5oc5c(-n7c8ccccc8c8ccccc87)cccc56)cc34)N2)cc1. The number of fused-ring (bicyclic) bond motifs is 9. The van der Waals surface area contributed by atoms with Crippen molar-refractivity contribution in [3.63, 3.8) is 0 Å². The summed E-state index contributed by atoms with van der Waals surface area (Å²) < 4.78 is 16.1. The number of benzene rings is 8. The highest BCUT2D eigenvalue weighted by Gasteiger charge is 2.28. The Morgan fingerprint density at radius 3 is 1.88 bits per heavy atom. The summed E-state index contributed by atoms with van der Waals surface area (Å²) in [5.41, 5.74) is 12.0. The summed E-state index contributed by atoms with van der Waals surface area (Å²) in [6.45, 7) is 0. The normalized spacial score (nSPS) is 15.9. The molecule has 3 aromatic heterocycles. The summed E-state index contributed by atoms with van der Waals surface area (Å²) in [5.74, 6) is 0.837. The molecule has 11 aromatic rings. The number of hydrogen-bond acceptors (Lipinski definition) is 5. The Kier molecular flexibility index (Phi) is 7.03. The van der Waals surface area contributed by atoms with E-state index in [-0.39, 0.29) is 12.3 Å². The quantitative estimate of drug-likeness (QED) is 0.185. The van der Waals surface area contributed by atoms with E-state index in [2.05, 4.69) is 173 Å². The lowest BCUT2D eigenvalue weighted by Gasteiger charge is -2.32. The zero-order valence-corrected chi connectivity index (χ0v) is 30.7. The van der Waals surface area contributed by atoms with Gasteiger partial charge in [0.2, 0.25) is 0 Å². The van der Waals surface area contributed by atoms with Crippen molar-refractivity contribution >= 4 is 71.5 Å².